The zero-order valence-electron chi connectivity index (χ0n) is 18.8. The number of hydrogen-bond acceptors (Lipinski definition) is 6. The molecule has 3 N–H and O–H groups in total. The molecule has 8 nitrogen and oxygen atoms in total. The first kappa shape index (κ1) is 22.3. The van der Waals surface area contributed by atoms with Crippen LogP contribution in [0.2, 0.25) is 0 Å². The lowest BCUT2D eigenvalue weighted by Crippen LogP contribution is -2.38. The van der Waals surface area contributed by atoms with Crippen LogP contribution in [0.4, 0.5) is 19.4 Å². The van der Waals surface area contributed by atoms with Crippen LogP contribution in [0.1, 0.15) is 49.6 Å². The molecule has 2 amide bonds. The Morgan fingerprint density at radius 2 is 1.97 bits per heavy atom. The average Bonchev–Trinajstić information content (AvgIpc) is 3.19. The number of benzene rings is 1. The first-order chi connectivity index (χ1) is 16.3. The van der Waals surface area contributed by atoms with Crippen LogP contribution >= 0.6 is 0 Å². The summed E-state index contributed by atoms with van der Waals surface area (Å²) in [4.78, 5) is 21.0. The standard InChI is InChI=1S/C24H24F2N6O2/c1-23(2)14-6-7-24(23,18-11-27-12-19(29-18)30-22(34)28-8-9-33)21-13(14)10-17(31-32-21)20-15(25)4-3-5-16(20)26/h3-5,10-12,14,33H,6-9H2,1-2H3,(H2,28,29,30,34)/t14-,24-/m0/s1. The lowest BCUT2D eigenvalue weighted by Gasteiger charge is -2.37. The molecule has 5 rings (SSSR count). The van der Waals surface area contributed by atoms with Crippen molar-refractivity contribution in [2.24, 2.45) is 5.41 Å². The Hall–Kier alpha value is -3.53. The molecule has 1 saturated carbocycles. The normalized spacial score (nSPS) is 21.9. The van der Waals surface area contributed by atoms with E-state index in [4.69, 9.17) is 10.1 Å². The molecule has 2 aromatic heterocycles. The average molecular weight is 466 g/mol. The number of aliphatic hydroxyl groups is 1. The van der Waals surface area contributed by atoms with Gasteiger partial charge in [0.2, 0.25) is 0 Å². The van der Waals surface area contributed by atoms with Gasteiger partial charge in [-0.05, 0) is 47.9 Å². The molecule has 1 fully saturated rings. The van der Waals surface area contributed by atoms with Gasteiger partial charge in [-0.15, -0.1) is 5.10 Å². The molecule has 2 aliphatic carbocycles. The minimum Gasteiger partial charge on any atom is -0.395 e. The predicted molar refractivity (Wildman–Crippen MR) is 120 cm³/mol. The summed E-state index contributed by atoms with van der Waals surface area (Å²) in [5.74, 6) is -1.00. The van der Waals surface area contributed by atoms with Crippen LogP contribution in [0.15, 0.2) is 36.7 Å². The van der Waals surface area contributed by atoms with Gasteiger partial charge in [0.25, 0.3) is 0 Å². The van der Waals surface area contributed by atoms with Gasteiger partial charge in [-0.3, -0.25) is 10.3 Å². The van der Waals surface area contributed by atoms with E-state index < -0.39 is 23.1 Å². The zero-order valence-corrected chi connectivity index (χ0v) is 18.8. The summed E-state index contributed by atoms with van der Waals surface area (Å²) in [5.41, 5.74) is 1.33. The van der Waals surface area contributed by atoms with E-state index >= 15 is 0 Å². The van der Waals surface area contributed by atoms with Crippen LogP contribution in [0.5, 0.6) is 0 Å². The molecule has 10 heteroatoms. The monoisotopic (exact) mass is 466 g/mol. The molecule has 2 heterocycles. The highest BCUT2D eigenvalue weighted by atomic mass is 19.1. The number of urea groups is 1. The quantitative estimate of drug-likeness (QED) is 0.530. The number of fused-ring (bicyclic) bond motifs is 5. The van der Waals surface area contributed by atoms with Crippen LogP contribution < -0.4 is 10.6 Å². The molecule has 2 bridgehead atoms. The van der Waals surface area contributed by atoms with Crippen molar-refractivity contribution in [1.29, 1.82) is 0 Å². The Bertz CT molecular complexity index is 1260. The number of halogens is 2. The Kier molecular flexibility index (Phi) is 5.27. The van der Waals surface area contributed by atoms with Gasteiger partial charge in [-0.2, -0.15) is 5.10 Å². The summed E-state index contributed by atoms with van der Waals surface area (Å²) in [6.07, 6.45) is 4.72. The molecule has 0 radical (unpaired) electrons. The minimum atomic E-state index is -0.685. The summed E-state index contributed by atoms with van der Waals surface area (Å²) >= 11 is 0. The van der Waals surface area contributed by atoms with E-state index in [0.717, 1.165) is 24.1 Å². The van der Waals surface area contributed by atoms with E-state index in [-0.39, 0.29) is 41.6 Å². The maximum absolute atomic E-state index is 14.4. The number of aromatic nitrogens is 4. The fourth-order valence-corrected chi connectivity index (χ4v) is 5.72. The fourth-order valence-electron chi connectivity index (χ4n) is 5.72. The third-order valence-corrected chi connectivity index (χ3v) is 7.31. The van der Waals surface area contributed by atoms with Crippen LogP contribution in [0, 0.1) is 17.0 Å². The summed E-state index contributed by atoms with van der Waals surface area (Å²) in [5, 5.41) is 22.8. The van der Waals surface area contributed by atoms with Crippen molar-refractivity contribution in [3.05, 3.63) is 65.2 Å². The summed E-state index contributed by atoms with van der Waals surface area (Å²) < 4.78 is 28.8. The molecule has 3 aromatic rings. The van der Waals surface area contributed by atoms with Crippen molar-refractivity contribution in [3.63, 3.8) is 0 Å². The van der Waals surface area contributed by atoms with Gasteiger partial charge in [0.1, 0.15) is 11.6 Å². The Balaban J connectivity index is 1.58. The number of aliphatic hydroxyl groups excluding tert-OH is 1. The first-order valence-corrected chi connectivity index (χ1v) is 11.1. The van der Waals surface area contributed by atoms with Gasteiger partial charge in [-0.25, -0.2) is 18.6 Å². The number of rotatable bonds is 5. The van der Waals surface area contributed by atoms with Crippen molar-refractivity contribution < 1.29 is 18.7 Å². The molecule has 0 unspecified atom stereocenters. The third-order valence-electron chi connectivity index (χ3n) is 7.31. The van der Waals surface area contributed by atoms with Gasteiger partial charge in [0, 0.05) is 12.7 Å². The summed E-state index contributed by atoms with van der Waals surface area (Å²) in [6, 6.07) is 4.98. The molecule has 0 saturated heterocycles. The van der Waals surface area contributed by atoms with Crippen molar-refractivity contribution in [3.8, 4) is 11.3 Å². The van der Waals surface area contributed by atoms with Crippen LogP contribution in [0.3, 0.4) is 0 Å². The van der Waals surface area contributed by atoms with E-state index in [9.17, 15) is 13.6 Å². The van der Waals surface area contributed by atoms with Gasteiger partial charge >= 0.3 is 6.03 Å². The molecule has 1 aromatic carbocycles. The Labute approximate surface area is 194 Å². The van der Waals surface area contributed by atoms with Crippen LogP contribution in [0.25, 0.3) is 11.3 Å². The van der Waals surface area contributed by atoms with Gasteiger partial charge in [0.15, 0.2) is 5.82 Å². The topological polar surface area (TPSA) is 113 Å². The largest absolute Gasteiger partial charge is 0.395 e. The maximum Gasteiger partial charge on any atom is 0.320 e. The summed E-state index contributed by atoms with van der Waals surface area (Å²) in [6.45, 7) is 4.20. The first-order valence-electron chi connectivity index (χ1n) is 11.1. The number of nitrogens with one attached hydrogen (secondary N) is 2. The number of amides is 2. The smallest absolute Gasteiger partial charge is 0.320 e. The molecule has 0 aliphatic heterocycles. The SMILES string of the molecule is CC1(C)[C@H]2CC[C@]1(c1cncc(NC(=O)NCCO)n1)c1nnc(-c3c(F)cccc3F)cc12. The van der Waals surface area contributed by atoms with Gasteiger partial charge in [-0.1, -0.05) is 19.9 Å². The fraction of sp³-hybridized carbons (Fsp3) is 0.375. The highest BCUT2D eigenvalue weighted by molar-refractivity contribution is 5.88. The molecule has 176 valence electrons. The van der Waals surface area contributed by atoms with Crippen LogP contribution in [-0.4, -0.2) is 44.5 Å². The third kappa shape index (κ3) is 3.16. The molecule has 2 atom stereocenters. The second kappa shape index (κ2) is 8.05. The highest BCUT2D eigenvalue weighted by Gasteiger charge is 2.65. The minimum absolute atomic E-state index is 0.0952. The van der Waals surface area contributed by atoms with Crippen molar-refractivity contribution >= 4 is 11.8 Å². The molecule has 0 spiro atoms. The number of nitrogens with zero attached hydrogens (tertiary/aromatic N) is 4. The van der Waals surface area contributed by atoms with E-state index in [1.54, 1.807) is 12.3 Å². The van der Waals surface area contributed by atoms with E-state index in [1.807, 2.05) is 0 Å². The Morgan fingerprint density at radius 1 is 1.21 bits per heavy atom. The zero-order chi connectivity index (χ0) is 24.1. The summed E-state index contributed by atoms with van der Waals surface area (Å²) in [7, 11) is 0. The van der Waals surface area contributed by atoms with Crippen molar-refractivity contribution in [2.75, 3.05) is 18.5 Å². The lowest BCUT2D eigenvalue weighted by molar-refractivity contribution is 0.242. The van der Waals surface area contributed by atoms with Crippen molar-refractivity contribution in [2.45, 2.75) is 38.0 Å². The number of carbonyl (C=O) groups is 1. The van der Waals surface area contributed by atoms with E-state index in [1.165, 1.54) is 24.4 Å². The second-order valence-corrected chi connectivity index (χ2v) is 9.24. The number of hydrogen-bond donors (Lipinski definition) is 3. The number of carbonyl (C=O) groups excluding carboxylic acids is 1. The van der Waals surface area contributed by atoms with E-state index in [0.29, 0.717) is 5.69 Å². The number of anilines is 1. The molecular weight excluding hydrogens is 442 g/mol. The lowest BCUT2D eigenvalue weighted by atomic mass is 9.66. The van der Waals surface area contributed by atoms with Crippen molar-refractivity contribution in [1.82, 2.24) is 25.5 Å². The highest BCUT2D eigenvalue weighted by Crippen LogP contribution is 2.69. The Morgan fingerprint density at radius 3 is 2.71 bits per heavy atom. The van der Waals surface area contributed by atoms with Gasteiger partial charge < -0.3 is 10.4 Å². The maximum atomic E-state index is 14.4. The molecular formula is C24H24F2N6O2. The van der Waals surface area contributed by atoms with Gasteiger partial charge in [0.05, 0.1) is 40.9 Å². The molecule has 2 aliphatic rings. The predicted octanol–water partition coefficient (Wildman–Crippen LogP) is 3.53. The van der Waals surface area contributed by atoms with Crippen LogP contribution in [-0.2, 0) is 5.41 Å². The molecule has 34 heavy (non-hydrogen) atoms. The van der Waals surface area contributed by atoms with E-state index in [2.05, 4.69) is 39.7 Å². The second-order valence-electron chi connectivity index (χ2n) is 9.24.